The van der Waals surface area contributed by atoms with Gasteiger partial charge in [-0.25, -0.2) is 0 Å². The van der Waals surface area contributed by atoms with Gasteiger partial charge in [0.25, 0.3) is 5.91 Å². The normalized spacial score (nSPS) is 17.7. The molecule has 1 rings (SSSR count). The molecule has 0 bridgehead atoms. The fourth-order valence-corrected chi connectivity index (χ4v) is 1.34. The van der Waals surface area contributed by atoms with Gasteiger partial charge in [-0.2, -0.15) is 0 Å². The number of rotatable bonds is 5. The van der Waals surface area contributed by atoms with Crippen LogP contribution in [0.2, 0.25) is 0 Å². The van der Waals surface area contributed by atoms with Gasteiger partial charge in [-0.05, 0) is 6.42 Å². The molecule has 0 saturated carbocycles. The van der Waals surface area contributed by atoms with Crippen LogP contribution in [0.25, 0.3) is 0 Å². The number of ether oxygens (including phenoxy) is 2. The van der Waals surface area contributed by atoms with Crippen molar-refractivity contribution in [2.75, 3.05) is 19.8 Å². The number of amides is 1. The van der Waals surface area contributed by atoms with Gasteiger partial charge in [-0.1, -0.05) is 13.3 Å². The van der Waals surface area contributed by atoms with Crippen LogP contribution in [0.15, 0.2) is 0 Å². The van der Waals surface area contributed by atoms with Crippen LogP contribution in [-0.4, -0.2) is 37.2 Å². The lowest BCUT2D eigenvalue weighted by Gasteiger charge is -2.38. The van der Waals surface area contributed by atoms with Gasteiger partial charge in [0.2, 0.25) is 5.60 Å². The van der Waals surface area contributed by atoms with E-state index in [0.29, 0.717) is 6.54 Å². The molecule has 1 fully saturated rings. The number of carbonyl (C=O) groups excluding carboxylic acids is 2. The molecular weight excluding hydrogens is 198 g/mol. The van der Waals surface area contributed by atoms with E-state index in [1.165, 1.54) is 6.92 Å². The van der Waals surface area contributed by atoms with Crippen molar-refractivity contribution in [1.82, 2.24) is 5.32 Å². The molecule has 0 atom stereocenters. The molecule has 15 heavy (non-hydrogen) atoms. The Balaban J connectivity index is 2.43. The van der Waals surface area contributed by atoms with Gasteiger partial charge in [0.1, 0.15) is 0 Å². The van der Waals surface area contributed by atoms with Crippen LogP contribution in [0.3, 0.4) is 0 Å². The van der Waals surface area contributed by atoms with Crippen LogP contribution in [0.1, 0.15) is 26.7 Å². The van der Waals surface area contributed by atoms with Crippen molar-refractivity contribution in [3.8, 4) is 0 Å². The monoisotopic (exact) mass is 215 g/mol. The van der Waals surface area contributed by atoms with Crippen LogP contribution in [-0.2, 0) is 19.1 Å². The minimum absolute atomic E-state index is 0.157. The Labute approximate surface area is 89.1 Å². The van der Waals surface area contributed by atoms with Crippen LogP contribution in [0, 0.1) is 0 Å². The molecule has 5 heteroatoms. The van der Waals surface area contributed by atoms with Crippen LogP contribution < -0.4 is 5.32 Å². The molecule has 5 nitrogen and oxygen atoms in total. The maximum atomic E-state index is 11.7. The molecule has 0 aromatic heterocycles. The molecule has 1 aliphatic heterocycles. The fraction of sp³-hybridized carbons (Fsp3) is 0.800. The summed E-state index contributed by atoms with van der Waals surface area (Å²) in [5.74, 6) is -0.707. The van der Waals surface area contributed by atoms with Crippen molar-refractivity contribution in [2.45, 2.75) is 32.3 Å². The van der Waals surface area contributed by atoms with Crippen molar-refractivity contribution in [1.29, 1.82) is 0 Å². The van der Waals surface area contributed by atoms with Gasteiger partial charge in [0, 0.05) is 13.5 Å². The highest BCUT2D eigenvalue weighted by Crippen LogP contribution is 2.22. The van der Waals surface area contributed by atoms with E-state index in [2.05, 4.69) is 5.32 Å². The Morgan fingerprint density at radius 3 is 2.53 bits per heavy atom. The van der Waals surface area contributed by atoms with Crippen LogP contribution in [0.5, 0.6) is 0 Å². The van der Waals surface area contributed by atoms with Crippen LogP contribution in [0.4, 0.5) is 0 Å². The SMILES string of the molecule is CCCCNC(=O)C1(OC(C)=O)COC1. The summed E-state index contributed by atoms with van der Waals surface area (Å²) in [6, 6.07) is 0. The standard InChI is InChI=1S/C10H17NO4/c1-3-4-5-11-9(13)10(6-14-7-10)15-8(2)12/h3-7H2,1-2H3,(H,11,13). The van der Waals surface area contributed by atoms with Gasteiger partial charge < -0.3 is 14.8 Å². The quantitative estimate of drug-likeness (QED) is 0.527. The third-order valence-corrected chi connectivity index (χ3v) is 2.24. The first kappa shape index (κ1) is 12.0. The van der Waals surface area contributed by atoms with E-state index in [0.717, 1.165) is 12.8 Å². The Morgan fingerprint density at radius 2 is 2.13 bits per heavy atom. The minimum atomic E-state index is -1.07. The molecule has 1 N–H and O–H groups in total. The number of carbonyl (C=O) groups is 2. The number of hydrogen-bond acceptors (Lipinski definition) is 4. The Morgan fingerprint density at radius 1 is 1.47 bits per heavy atom. The summed E-state index contributed by atoms with van der Waals surface area (Å²) >= 11 is 0. The highest BCUT2D eigenvalue weighted by Gasteiger charge is 2.49. The topological polar surface area (TPSA) is 64.6 Å². The predicted molar refractivity (Wildman–Crippen MR) is 53.2 cm³/mol. The zero-order valence-electron chi connectivity index (χ0n) is 9.17. The van der Waals surface area contributed by atoms with E-state index in [1.807, 2.05) is 6.92 Å². The Bertz CT molecular complexity index is 248. The third-order valence-electron chi connectivity index (χ3n) is 2.24. The van der Waals surface area contributed by atoms with E-state index in [4.69, 9.17) is 9.47 Å². The fourth-order valence-electron chi connectivity index (χ4n) is 1.34. The van der Waals surface area contributed by atoms with E-state index in [9.17, 15) is 9.59 Å². The largest absolute Gasteiger partial charge is 0.444 e. The second-order valence-corrected chi connectivity index (χ2v) is 3.69. The minimum Gasteiger partial charge on any atom is -0.444 e. The highest BCUT2D eigenvalue weighted by atomic mass is 16.6. The Hall–Kier alpha value is -1.10. The highest BCUT2D eigenvalue weighted by molar-refractivity contribution is 5.88. The maximum Gasteiger partial charge on any atom is 0.303 e. The first-order chi connectivity index (χ1) is 7.10. The second kappa shape index (κ2) is 5.11. The maximum absolute atomic E-state index is 11.7. The van der Waals surface area contributed by atoms with Gasteiger partial charge in [-0.15, -0.1) is 0 Å². The van der Waals surface area contributed by atoms with E-state index < -0.39 is 11.6 Å². The summed E-state index contributed by atoms with van der Waals surface area (Å²) < 4.78 is 9.92. The Kier molecular flexibility index (Phi) is 4.08. The molecule has 0 aromatic carbocycles. The second-order valence-electron chi connectivity index (χ2n) is 3.69. The molecule has 0 aliphatic carbocycles. The molecule has 0 spiro atoms. The first-order valence-corrected chi connectivity index (χ1v) is 5.16. The van der Waals surface area contributed by atoms with E-state index in [1.54, 1.807) is 0 Å². The van der Waals surface area contributed by atoms with Crippen molar-refractivity contribution in [2.24, 2.45) is 0 Å². The zero-order chi connectivity index (χ0) is 11.3. The van der Waals surface area contributed by atoms with Gasteiger partial charge in [-0.3, -0.25) is 9.59 Å². The van der Waals surface area contributed by atoms with Gasteiger partial charge in [0.05, 0.1) is 13.2 Å². The van der Waals surface area contributed by atoms with Crippen molar-refractivity contribution >= 4 is 11.9 Å². The van der Waals surface area contributed by atoms with Crippen LogP contribution >= 0.6 is 0 Å². The predicted octanol–water partition coefficient (Wildman–Crippen LogP) is 0.235. The molecule has 86 valence electrons. The number of nitrogens with one attached hydrogen (secondary N) is 1. The number of esters is 1. The van der Waals surface area contributed by atoms with Crippen molar-refractivity contribution < 1.29 is 19.1 Å². The smallest absolute Gasteiger partial charge is 0.303 e. The lowest BCUT2D eigenvalue weighted by molar-refractivity contribution is -0.212. The molecular formula is C10H17NO4. The molecule has 0 radical (unpaired) electrons. The molecule has 1 heterocycles. The van der Waals surface area contributed by atoms with Crippen molar-refractivity contribution in [3.63, 3.8) is 0 Å². The average molecular weight is 215 g/mol. The number of unbranched alkanes of at least 4 members (excludes halogenated alkanes) is 1. The molecule has 1 amide bonds. The van der Waals surface area contributed by atoms with E-state index in [-0.39, 0.29) is 19.1 Å². The lowest BCUT2D eigenvalue weighted by Crippen LogP contribution is -2.62. The molecule has 1 saturated heterocycles. The summed E-state index contributed by atoms with van der Waals surface area (Å²) in [4.78, 5) is 22.5. The summed E-state index contributed by atoms with van der Waals surface area (Å²) in [6.07, 6.45) is 1.93. The van der Waals surface area contributed by atoms with Gasteiger partial charge >= 0.3 is 5.97 Å². The summed E-state index contributed by atoms with van der Waals surface area (Å²) in [5.41, 5.74) is -1.07. The molecule has 0 aromatic rings. The van der Waals surface area contributed by atoms with Crippen molar-refractivity contribution in [3.05, 3.63) is 0 Å². The summed E-state index contributed by atoms with van der Waals surface area (Å²) in [5, 5.41) is 2.74. The molecule has 0 unspecified atom stereocenters. The third kappa shape index (κ3) is 2.92. The van der Waals surface area contributed by atoms with Gasteiger partial charge in [0.15, 0.2) is 0 Å². The summed E-state index contributed by atoms with van der Waals surface area (Å²) in [7, 11) is 0. The number of hydrogen-bond donors (Lipinski definition) is 1. The zero-order valence-corrected chi connectivity index (χ0v) is 9.17. The molecule has 1 aliphatic rings. The summed E-state index contributed by atoms with van der Waals surface area (Å²) in [6.45, 7) is 4.26. The van der Waals surface area contributed by atoms with E-state index >= 15 is 0 Å². The lowest BCUT2D eigenvalue weighted by atomic mass is 10.0. The average Bonchev–Trinajstić information content (AvgIpc) is 2.11. The first-order valence-electron chi connectivity index (χ1n) is 5.16.